The Morgan fingerprint density at radius 2 is 2.25 bits per heavy atom. The van der Waals surface area contributed by atoms with E-state index in [0.29, 0.717) is 10.8 Å². The SMILES string of the molecule is CNc1nc2sccn2c1S(=O)(=O)NCc1cncs1. The van der Waals surface area contributed by atoms with Crippen molar-refractivity contribution in [2.24, 2.45) is 0 Å². The molecule has 3 aromatic rings. The van der Waals surface area contributed by atoms with E-state index in [2.05, 4.69) is 20.0 Å². The first-order valence-electron chi connectivity index (χ1n) is 5.62. The van der Waals surface area contributed by atoms with E-state index in [-0.39, 0.29) is 11.6 Å². The number of anilines is 1. The predicted molar refractivity (Wildman–Crippen MR) is 78.8 cm³/mol. The number of sulfonamides is 1. The molecule has 0 saturated carbocycles. The van der Waals surface area contributed by atoms with E-state index < -0.39 is 10.0 Å². The van der Waals surface area contributed by atoms with Crippen LogP contribution in [0, 0.1) is 0 Å². The number of rotatable bonds is 5. The van der Waals surface area contributed by atoms with Gasteiger partial charge in [-0.15, -0.1) is 22.7 Å². The van der Waals surface area contributed by atoms with Crippen LogP contribution in [0.15, 0.2) is 28.3 Å². The van der Waals surface area contributed by atoms with Crippen LogP contribution in [0.4, 0.5) is 5.82 Å². The summed E-state index contributed by atoms with van der Waals surface area (Å²) in [5.74, 6) is 0.341. The number of nitrogens with zero attached hydrogens (tertiary/aromatic N) is 3. The average Bonchev–Trinajstić information content (AvgIpc) is 3.11. The number of hydrogen-bond acceptors (Lipinski definition) is 7. The van der Waals surface area contributed by atoms with Crippen LogP contribution in [-0.2, 0) is 16.6 Å². The molecule has 0 fully saturated rings. The maximum Gasteiger partial charge on any atom is 0.260 e. The molecule has 0 bridgehead atoms. The van der Waals surface area contributed by atoms with Crippen molar-refractivity contribution in [1.29, 1.82) is 0 Å². The fourth-order valence-electron chi connectivity index (χ4n) is 1.75. The molecule has 3 rings (SSSR count). The maximum absolute atomic E-state index is 12.5. The molecule has 0 aliphatic carbocycles. The Kier molecular flexibility index (Phi) is 3.46. The third-order valence-corrected chi connectivity index (χ3v) is 5.59. The Labute approximate surface area is 123 Å². The fraction of sp³-hybridized carbons (Fsp3) is 0.200. The van der Waals surface area contributed by atoms with Gasteiger partial charge in [0.05, 0.1) is 5.51 Å². The number of fused-ring (bicyclic) bond motifs is 1. The summed E-state index contributed by atoms with van der Waals surface area (Å²) in [7, 11) is -2.01. The second kappa shape index (κ2) is 5.13. The lowest BCUT2D eigenvalue weighted by Crippen LogP contribution is -2.24. The molecule has 106 valence electrons. The lowest BCUT2D eigenvalue weighted by molar-refractivity contribution is 0.577. The van der Waals surface area contributed by atoms with Crippen LogP contribution < -0.4 is 10.0 Å². The summed E-state index contributed by atoms with van der Waals surface area (Å²) in [5, 5.41) is 4.74. The number of hydrogen-bond donors (Lipinski definition) is 2. The first-order chi connectivity index (χ1) is 9.62. The van der Waals surface area contributed by atoms with Gasteiger partial charge in [0.15, 0.2) is 15.8 Å². The number of aromatic nitrogens is 3. The molecule has 0 saturated heterocycles. The maximum atomic E-state index is 12.5. The standard InChI is InChI=1S/C10H11N5O2S3/c1-11-8-9(15-2-3-18-10(15)14-8)20(16,17)13-5-7-4-12-6-19-7/h2-4,6,11,13H,5H2,1H3. The fourth-order valence-corrected chi connectivity index (χ4v) is 4.44. The van der Waals surface area contributed by atoms with Crippen molar-refractivity contribution in [3.05, 3.63) is 28.2 Å². The van der Waals surface area contributed by atoms with Crippen LogP contribution in [-0.4, -0.2) is 29.8 Å². The number of imidazole rings is 1. The Morgan fingerprint density at radius 1 is 1.40 bits per heavy atom. The van der Waals surface area contributed by atoms with E-state index in [9.17, 15) is 8.42 Å². The van der Waals surface area contributed by atoms with Gasteiger partial charge in [-0.3, -0.25) is 9.38 Å². The summed E-state index contributed by atoms with van der Waals surface area (Å²) in [6.45, 7) is 0.216. The predicted octanol–water partition coefficient (Wildman–Crippen LogP) is 1.37. The molecule has 10 heteroatoms. The van der Waals surface area contributed by atoms with Crippen molar-refractivity contribution in [2.75, 3.05) is 12.4 Å². The zero-order valence-electron chi connectivity index (χ0n) is 10.4. The first kappa shape index (κ1) is 13.5. The van der Waals surface area contributed by atoms with E-state index in [0.717, 1.165) is 4.88 Å². The summed E-state index contributed by atoms with van der Waals surface area (Å²) in [4.78, 5) is 9.64. The highest BCUT2D eigenvalue weighted by atomic mass is 32.2. The van der Waals surface area contributed by atoms with Crippen LogP contribution in [0.3, 0.4) is 0 Å². The van der Waals surface area contributed by atoms with Crippen LogP contribution in [0.5, 0.6) is 0 Å². The summed E-state index contributed by atoms with van der Waals surface area (Å²) >= 11 is 2.78. The van der Waals surface area contributed by atoms with Gasteiger partial charge in [-0.05, 0) is 0 Å². The van der Waals surface area contributed by atoms with E-state index in [1.54, 1.807) is 34.7 Å². The molecule has 0 aliphatic heterocycles. The Morgan fingerprint density at radius 3 is 2.95 bits per heavy atom. The molecule has 0 atom stereocenters. The molecular weight excluding hydrogens is 318 g/mol. The zero-order valence-corrected chi connectivity index (χ0v) is 12.8. The van der Waals surface area contributed by atoms with Gasteiger partial charge in [-0.25, -0.2) is 18.1 Å². The minimum Gasteiger partial charge on any atom is -0.371 e. The Bertz CT molecular complexity index is 818. The molecule has 20 heavy (non-hydrogen) atoms. The van der Waals surface area contributed by atoms with E-state index in [1.165, 1.54) is 22.7 Å². The topological polar surface area (TPSA) is 88.4 Å². The third-order valence-electron chi connectivity index (χ3n) is 2.63. The molecule has 0 amide bonds. The molecule has 0 spiro atoms. The summed E-state index contributed by atoms with van der Waals surface area (Å²) in [6.07, 6.45) is 3.33. The minimum atomic E-state index is -3.66. The molecule has 0 aromatic carbocycles. The second-order valence-corrected chi connectivity index (χ2v) is 7.39. The van der Waals surface area contributed by atoms with Crippen LogP contribution in [0.2, 0.25) is 0 Å². The van der Waals surface area contributed by atoms with Crippen molar-refractivity contribution >= 4 is 43.5 Å². The quantitative estimate of drug-likeness (QED) is 0.738. The summed E-state index contributed by atoms with van der Waals surface area (Å²) in [6, 6.07) is 0. The summed E-state index contributed by atoms with van der Waals surface area (Å²) in [5.41, 5.74) is 1.67. The highest BCUT2D eigenvalue weighted by molar-refractivity contribution is 7.89. The van der Waals surface area contributed by atoms with Gasteiger partial charge in [0.2, 0.25) is 0 Å². The van der Waals surface area contributed by atoms with Crippen LogP contribution >= 0.6 is 22.7 Å². The van der Waals surface area contributed by atoms with Gasteiger partial charge in [-0.2, -0.15) is 0 Å². The van der Waals surface area contributed by atoms with E-state index in [1.807, 2.05) is 0 Å². The van der Waals surface area contributed by atoms with Gasteiger partial charge in [0.1, 0.15) is 0 Å². The number of thiazole rings is 2. The van der Waals surface area contributed by atoms with Gasteiger partial charge in [0, 0.05) is 36.2 Å². The normalized spacial score (nSPS) is 12.1. The van der Waals surface area contributed by atoms with E-state index >= 15 is 0 Å². The van der Waals surface area contributed by atoms with Crippen molar-refractivity contribution < 1.29 is 8.42 Å². The van der Waals surface area contributed by atoms with Gasteiger partial charge >= 0.3 is 0 Å². The summed E-state index contributed by atoms with van der Waals surface area (Å²) < 4.78 is 29.0. The Balaban J connectivity index is 1.97. The second-order valence-electron chi connectivity index (χ2n) is 3.86. The molecule has 0 aliphatic rings. The lowest BCUT2D eigenvalue weighted by Gasteiger charge is -2.06. The van der Waals surface area contributed by atoms with Crippen molar-refractivity contribution in [3.8, 4) is 0 Å². The zero-order chi connectivity index (χ0) is 14.2. The Hall–Kier alpha value is -1.49. The molecule has 2 N–H and O–H groups in total. The molecule has 3 heterocycles. The number of nitrogens with one attached hydrogen (secondary N) is 2. The monoisotopic (exact) mass is 329 g/mol. The first-order valence-corrected chi connectivity index (χ1v) is 8.86. The van der Waals surface area contributed by atoms with Gasteiger partial charge in [-0.1, -0.05) is 0 Å². The molecule has 0 unspecified atom stereocenters. The average molecular weight is 329 g/mol. The molecule has 3 aromatic heterocycles. The molecule has 0 radical (unpaired) electrons. The lowest BCUT2D eigenvalue weighted by atomic mass is 10.6. The van der Waals surface area contributed by atoms with E-state index in [4.69, 9.17) is 0 Å². The van der Waals surface area contributed by atoms with Crippen molar-refractivity contribution in [2.45, 2.75) is 11.6 Å². The van der Waals surface area contributed by atoms with Gasteiger partial charge in [0.25, 0.3) is 10.0 Å². The van der Waals surface area contributed by atoms with Crippen LogP contribution in [0.1, 0.15) is 4.88 Å². The van der Waals surface area contributed by atoms with Crippen molar-refractivity contribution in [1.82, 2.24) is 19.1 Å². The van der Waals surface area contributed by atoms with Gasteiger partial charge < -0.3 is 5.32 Å². The molecular formula is C10H11N5O2S3. The van der Waals surface area contributed by atoms with Crippen LogP contribution in [0.25, 0.3) is 4.96 Å². The highest BCUT2D eigenvalue weighted by Crippen LogP contribution is 2.25. The molecule has 7 nitrogen and oxygen atoms in total. The smallest absolute Gasteiger partial charge is 0.260 e. The van der Waals surface area contributed by atoms with Crippen molar-refractivity contribution in [3.63, 3.8) is 0 Å². The largest absolute Gasteiger partial charge is 0.371 e. The third kappa shape index (κ3) is 2.30. The highest BCUT2D eigenvalue weighted by Gasteiger charge is 2.25. The minimum absolute atomic E-state index is 0.126.